The van der Waals surface area contributed by atoms with Gasteiger partial charge < -0.3 is 10.1 Å². The smallest absolute Gasteiger partial charge is 0.261 e. The van der Waals surface area contributed by atoms with E-state index in [0.717, 1.165) is 22.4 Å². The summed E-state index contributed by atoms with van der Waals surface area (Å²) in [6.45, 7) is 14.4. The molecule has 0 spiro atoms. The largest absolute Gasteiger partial charge is 0.480 e. The summed E-state index contributed by atoms with van der Waals surface area (Å²) in [5, 5.41) is 3.13. The fourth-order valence-corrected chi connectivity index (χ4v) is 3.16. The minimum atomic E-state index is -0.496. The van der Waals surface area contributed by atoms with Gasteiger partial charge in [0.15, 0.2) is 6.10 Å². The second kappa shape index (κ2) is 8.39. The van der Waals surface area contributed by atoms with Crippen LogP contribution in [-0.4, -0.2) is 12.0 Å². The first-order valence-corrected chi connectivity index (χ1v) is 9.35. The number of ether oxygens (including phenoxy) is 1. The summed E-state index contributed by atoms with van der Waals surface area (Å²) in [5.41, 5.74) is 7.11. The molecule has 3 heteroatoms. The van der Waals surface area contributed by atoms with E-state index in [1.54, 1.807) is 0 Å². The molecule has 1 amide bonds. The summed E-state index contributed by atoms with van der Waals surface area (Å²) in [6.07, 6.45) is 0.127. The van der Waals surface area contributed by atoms with Gasteiger partial charge in [0.2, 0.25) is 0 Å². The third kappa shape index (κ3) is 4.46. The normalized spacial score (nSPS) is 13.2. The van der Waals surface area contributed by atoms with Crippen molar-refractivity contribution in [1.29, 1.82) is 0 Å². The minimum absolute atomic E-state index is 0.0574. The van der Waals surface area contributed by atoms with E-state index < -0.39 is 6.10 Å². The molecule has 2 aromatic carbocycles. The number of hydrogen-bond acceptors (Lipinski definition) is 2. The predicted octanol–water partition coefficient (Wildman–Crippen LogP) is 5.26. The van der Waals surface area contributed by atoms with Crippen LogP contribution in [-0.2, 0) is 4.79 Å². The zero-order chi connectivity index (χ0) is 19.4. The average Bonchev–Trinajstić information content (AvgIpc) is 2.59. The molecular formula is C23H31NO2. The summed E-state index contributed by atoms with van der Waals surface area (Å²) in [7, 11) is 0. The van der Waals surface area contributed by atoms with E-state index in [4.69, 9.17) is 4.74 Å². The van der Waals surface area contributed by atoms with Crippen molar-refractivity contribution >= 4 is 5.91 Å². The number of nitrogens with one attached hydrogen (secondary N) is 1. The van der Waals surface area contributed by atoms with E-state index >= 15 is 0 Å². The molecule has 0 unspecified atom stereocenters. The van der Waals surface area contributed by atoms with Gasteiger partial charge in [-0.15, -0.1) is 0 Å². The number of aryl methyl sites for hydroxylation is 4. The van der Waals surface area contributed by atoms with Gasteiger partial charge in [0, 0.05) is 0 Å². The van der Waals surface area contributed by atoms with Gasteiger partial charge in [-0.05, 0) is 87.4 Å². The highest BCUT2D eigenvalue weighted by molar-refractivity contribution is 5.81. The molecule has 2 atom stereocenters. The molecule has 26 heavy (non-hydrogen) atoms. The monoisotopic (exact) mass is 353 g/mol. The summed E-state index contributed by atoms with van der Waals surface area (Å²) < 4.78 is 6.03. The van der Waals surface area contributed by atoms with E-state index in [-0.39, 0.29) is 11.9 Å². The van der Waals surface area contributed by atoms with Gasteiger partial charge in [-0.3, -0.25) is 4.79 Å². The van der Waals surface area contributed by atoms with E-state index in [1.165, 1.54) is 16.7 Å². The molecule has 0 saturated carbocycles. The van der Waals surface area contributed by atoms with Gasteiger partial charge in [0.05, 0.1) is 6.04 Å². The summed E-state index contributed by atoms with van der Waals surface area (Å²) in [6, 6.07) is 10.2. The molecule has 0 heterocycles. The van der Waals surface area contributed by atoms with Crippen LogP contribution >= 0.6 is 0 Å². The maximum Gasteiger partial charge on any atom is 0.261 e. The standard InChI is InChI=1S/C23H31NO2/c1-8-21(26-22-11-9-10-14(2)18(22)6)23(25)24-19(7)20-13-16(4)15(3)12-17(20)5/h9-13,19,21H,8H2,1-7H3,(H,24,25)/t19-,21+/m0/s1. The third-order valence-electron chi connectivity index (χ3n) is 5.20. The summed E-state index contributed by atoms with van der Waals surface area (Å²) in [4.78, 5) is 12.8. The van der Waals surface area contributed by atoms with E-state index in [0.29, 0.717) is 6.42 Å². The lowest BCUT2D eigenvalue weighted by atomic mass is 9.96. The first-order chi connectivity index (χ1) is 12.2. The molecule has 0 aliphatic rings. The Morgan fingerprint density at radius 3 is 2.31 bits per heavy atom. The Bertz CT molecular complexity index is 795. The van der Waals surface area contributed by atoms with Crippen molar-refractivity contribution in [2.45, 2.75) is 67.0 Å². The fourth-order valence-electron chi connectivity index (χ4n) is 3.16. The number of hydrogen-bond donors (Lipinski definition) is 1. The lowest BCUT2D eigenvalue weighted by molar-refractivity contribution is -0.128. The van der Waals surface area contributed by atoms with Gasteiger partial charge in [-0.1, -0.05) is 31.2 Å². The maximum atomic E-state index is 12.8. The maximum absolute atomic E-state index is 12.8. The predicted molar refractivity (Wildman–Crippen MR) is 108 cm³/mol. The quantitative estimate of drug-likeness (QED) is 0.769. The lowest BCUT2D eigenvalue weighted by Crippen LogP contribution is -2.39. The Morgan fingerprint density at radius 1 is 1.00 bits per heavy atom. The summed E-state index contributed by atoms with van der Waals surface area (Å²) >= 11 is 0. The van der Waals surface area contributed by atoms with Crippen LogP contribution in [0.1, 0.15) is 59.7 Å². The van der Waals surface area contributed by atoms with Crippen molar-refractivity contribution in [2.24, 2.45) is 0 Å². The van der Waals surface area contributed by atoms with Crippen LogP contribution in [0.3, 0.4) is 0 Å². The molecule has 0 aromatic heterocycles. The highest BCUT2D eigenvalue weighted by Gasteiger charge is 2.22. The zero-order valence-electron chi connectivity index (χ0n) is 17.1. The van der Waals surface area contributed by atoms with Crippen LogP contribution in [0.4, 0.5) is 0 Å². The van der Waals surface area contributed by atoms with Crippen molar-refractivity contribution in [3.63, 3.8) is 0 Å². The van der Waals surface area contributed by atoms with Crippen LogP contribution in [0, 0.1) is 34.6 Å². The SMILES string of the molecule is CC[C@@H](Oc1cccc(C)c1C)C(=O)N[C@@H](C)c1cc(C)c(C)cc1C. The van der Waals surface area contributed by atoms with Gasteiger partial charge in [-0.2, -0.15) is 0 Å². The molecule has 1 N–H and O–H groups in total. The van der Waals surface area contributed by atoms with E-state index in [9.17, 15) is 4.79 Å². The van der Waals surface area contributed by atoms with Crippen molar-refractivity contribution in [1.82, 2.24) is 5.32 Å². The zero-order valence-corrected chi connectivity index (χ0v) is 17.1. The Kier molecular flexibility index (Phi) is 6.47. The number of benzene rings is 2. The van der Waals surface area contributed by atoms with Crippen LogP contribution in [0.15, 0.2) is 30.3 Å². The first-order valence-electron chi connectivity index (χ1n) is 9.35. The Labute approximate surface area is 157 Å². The van der Waals surface area contributed by atoms with Gasteiger partial charge >= 0.3 is 0 Å². The molecule has 2 aromatic rings. The van der Waals surface area contributed by atoms with Crippen molar-refractivity contribution in [3.8, 4) is 5.75 Å². The molecular weight excluding hydrogens is 322 g/mol. The Morgan fingerprint density at radius 2 is 1.65 bits per heavy atom. The summed E-state index contributed by atoms with van der Waals surface area (Å²) in [5.74, 6) is 0.709. The fraction of sp³-hybridized carbons (Fsp3) is 0.435. The molecule has 0 radical (unpaired) electrons. The lowest BCUT2D eigenvalue weighted by Gasteiger charge is -2.23. The topological polar surface area (TPSA) is 38.3 Å². The number of carbonyl (C=O) groups is 1. The van der Waals surface area contributed by atoms with Crippen LogP contribution in [0.25, 0.3) is 0 Å². The third-order valence-corrected chi connectivity index (χ3v) is 5.20. The second-order valence-corrected chi connectivity index (χ2v) is 7.24. The number of amides is 1. The number of rotatable bonds is 6. The minimum Gasteiger partial charge on any atom is -0.480 e. The molecule has 0 bridgehead atoms. The van der Waals surface area contributed by atoms with Crippen LogP contribution in [0.2, 0.25) is 0 Å². The molecule has 3 nitrogen and oxygen atoms in total. The molecule has 0 saturated heterocycles. The molecule has 140 valence electrons. The van der Waals surface area contributed by atoms with Crippen molar-refractivity contribution in [3.05, 3.63) is 63.7 Å². The Balaban J connectivity index is 2.14. The molecule has 0 aliphatic carbocycles. The van der Waals surface area contributed by atoms with E-state index in [2.05, 4.69) is 38.2 Å². The van der Waals surface area contributed by atoms with Gasteiger partial charge in [-0.25, -0.2) is 0 Å². The van der Waals surface area contributed by atoms with Crippen molar-refractivity contribution in [2.75, 3.05) is 0 Å². The highest BCUT2D eigenvalue weighted by atomic mass is 16.5. The van der Waals surface area contributed by atoms with Gasteiger partial charge in [0.1, 0.15) is 5.75 Å². The highest BCUT2D eigenvalue weighted by Crippen LogP contribution is 2.24. The second-order valence-electron chi connectivity index (χ2n) is 7.24. The first kappa shape index (κ1) is 20.0. The van der Waals surface area contributed by atoms with Crippen molar-refractivity contribution < 1.29 is 9.53 Å². The van der Waals surface area contributed by atoms with Crippen LogP contribution < -0.4 is 10.1 Å². The average molecular weight is 354 g/mol. The van der Waals surface area contributed by atoms with Gasteiger partial charge in [0.25, 0.3) is 5.91 Å². The number of carbonyl (C=O) groups excluding carboxylic acids is 1. The van der Waals surface area contributed by atoms with Crippen LogP contribution in [0.5, 0.6) is 5.75 Å². The Hall–Kier alpha value is -2.29. The molecule has 2 rings (SSSR count). The van der Waals surface area contributed by atoms with E-state index in [1.807, 2.05) is 45.9 Å². The molecule has 0 fully saturated rings. The molecule has 0 aliphatic heterocycles.